The van der Waals surface area contributed by atoms with E-state index in [1.54, 1.807) is 0 Å². The highest BCUT2D eigenvalue weighted by Gasteiger charge is 2.33. The first-order valence-corrected chi connectivity index (χ1v) is 10.2. The van der Waals surface area contributed by atoms with Gasteiger partial charge in [0.1, 0.15) is 0 Å². The minimum absolute atomic E-state index is 0.0299. The fourth-order valence-electron chi connectivity index (χ4n) is 3.48. The van der Waals surface area contributed by atoms with Crippen LogP contribution >= 0.6 is 0 Å². The van der Waals surface area contributed by atoms with Gasteiger partial charge in [-0.15, -0.1) is 0 Å². The SMILES string of the molecule is Cc1cc(C)c(S(=O)(=O)N2CCC(C(=O)N[C@@H](C)CN)CC2)c(C)c1. The summed E-state index contributed by atoms with van der Waals surface area (Å²) in [6, 6.07) is 3.73. The zero-order valence-corrected chi connectivity index (χ0v) is 16.3. The van der Waals surface area contributed by atoms with Crippen LogP contribution < -0.4 is 11.1 Å². The van der Waals surface area contributed by atoms with Gasteiger partial charge in [0.25, 0.3) is 0 Å². The lowest BCUT2D eigenvalue weighted by atomic mass is 9.97. The summed E-state index contributed by atoms with van der Waals surface area (Å²) in [5.74, 6) is -0.182. The third kappa shape index (κ3) is 4.40. The molecule has 1 aliphatic heterocycles. The molecule has 3 N–H and O–H groups in total. The van der Waals surface area contributed by atoms with E-state index in [0.29, 0.717) is 37.4 Å². The smallest absolute Gasteiger partial charge is 0.243 e. The number of benzene rings is 1. The normalized spacial score (nSPS) is 18.1. The fourth-order valence-corrected chi connectivity index (χ4v) is 5.36. The Balaban J connectivity index is 2.11. The van der Waals surface area contributed by atoms with Crippen LogP contribution in [0.25, 0.3) is 0 Å². The highest BCUT2D eigenvalue weighted by Crippen LogP contribution is 2.28. The van der Waals surface area contributed by atoms with Gasteiger partial charge in [-0.05, 0) is 51.7 Å². The molecule has 0 spiro atoms. The molecule has 1 aromatic carbocycles. The Morgan fingerprint density at radius 3 is 2.24 bits per heavy atom. The topological polar surface area (TPSA) is 92.5 Å². The van der Waals surface area contributed by atoms with Gasteiger partial charge in [-0.2, -0.15) is 4.31 Å². The van der Waals surface area contributed by atoms with Gasteiger partial charge in [-0.3, -0.25) is 4.79 Å². The number of nitrogens with two attached hydrogens (primary N) is 1. The molecule has 0 aromatic heterocycles. The van der Waals surface area contributed by atoms with E-state index >= 15 is 0 Å². The van der Waals surface area contributed by atoms with Gasteiger partial charge >= 0.3 is 0 Å². The van der Waals surface area contributed by atoms with E-state index in [1.807, 2.05) is 39.8 Å². The second-order valence-electron chi connectivity index (χ2n) is 7.05. The summed E-state index contributed by atoms with van der Waals surface area (Å²) in [5, 5.41) is 2.88. The molecule has 1 aromatic rings. The monoisotopic (exact) mass is 367 g/mol. The lowest BCUT2D eigenvalue weighted by molar-refractivity contribution is -0.126. The largest absolute Gasteiger partial charge is 0.352 e. The predicted molar refractivity (Wildman–Crippen MR) is 98.8 cm³/mol. The maximum absolute atomic E-state index is 13.0. The lowest BCUT2D eigenvalue weighted by Crippen LogP contribution is -2.46. The summed E-state index contributed by atoms with van der Waals surface area (Å²) in [7, 11) is -3.54. The number of nitrogens with zero attached hydrogens (tertiary/aromatic N) is 1. The molecule has 0 radical (unpaired) electrons. The molecule has 1 fully saturated rings. The van der Waals surface area contributed by atoms with Crippen LogP contribution in [-0.2, 0) is 14.8 Å². The second kappa shape index (κ2) is 7.85. The summed E-state index contributed by atoms with van der Waals surface area (Å²) >= 11 is 0. The van der Waals surface area contributed by atoms with Gasteiger partial charge in [0.2, 0.25) is 15.9 Å². The minimum atomic E-state index is -3.54. The van der Waals surface area contributed by atoms with Crippen molar-refractivity contribution in [1.82, 2.24) is 9.62 Å². The molecular formula is C18H29N3O3S. The van der Waals surface area contributed by atoms with E-state index in [9.17, 15) is 13.2 Å². The van der Waals surface area contributed by atoms with E-state index in [2.05, 4.69) is 5.32 Å². The van der Waals surface area contributed by atoms with Crippen molar-refractivity contribution in [2.24, 2.45) is 11.7 Å². The first kappa shape index (κ1) is 19.9. The number of carbonyl (C=O) groups is 1. The number of rotatable bonds is 5. The van der Waals surface area contributed by atoms with Gasteiger partial charge < -0.3 is 11.1 Å². The van der Waals surface area contributed by atoms with Crippen molar-refractivity contribution in [2.75, 3.05) is 19.6 Å². The van der Waals surface area contributed by atoms with Crippen molar-refractivity contribution in [3.05, 3.63) is 28.8 Å². The molecule has 1 heterocycles. The van der Waals surface area contributed by atoms with Crippen LogP contribution in [0.2, 0.25) is 0 Å². The first-order valence-electron chi connectivity index (χ1n) is 8.75. The molecule has 7 heteroatoms. The van der Waals surface area contributed by atoms with Gasteiger partial charge in [0.15, 0.2) is 0 Å². The van der Waals surface area contributed by atoms with Crippen LogP contribution in [0.1, 0.15) is 36.5 Å². The summed E-state index contributed by atoms with van der Waals surface area (Å²) in [6.07, 6.45) is 1.07. The van der Waals surface area contributed by atoms with Crippen molar-refractivity contribution in [2.45, 2.75) is 51.5 Å². The summed E-state index contributed by atoms with van der Waals surface area (Å²) < 4.78 is 27.6. The van der Waals surface area contributed by atoms with E-state index in [4.69, 9.17) is 5.73 Å². The molecule has 25 heavy (non-hydrogen) atoms. The molecule has 6 nitrogen and oxygen atoms in total. The quantitative estimate of drug-likeness (QED) is 0.824. The van der Waals surface area contributed by atoms with Crippen LogP contribution in [0.5, 0.6) is 0 Å². The van der Waals surface area contributed by atoms with Crippen molar-refractivity contribution in [1.29, 1.82) is 0 Å². The average Bonchev–Trinajstić information content (AvgIpc) is 2.53. The van der Waals surface area contributed by atoms with E-state index in [1.165, 1.54) is 4.31 Å². The standard InChI is InChI=1S/C18H29N3O3S/c1-12-9-13(2)17(14(3)10-12)25(23,24)21-7-5-16(6-8-21)18(22)20-15(4)11-19/h9-10,15-16H,5-8,11,19H2,1-4H3,(H,20,22)/t15-/m0/s1. The Morgan fingerprint density at radius 2 is 1.76 bits per heavy atom. The number of carbonyl (C=O) groups excluding carboxylic acids is 1. The zero-order chi connectivity index (χ0) is 18.8. The maximum atomic E-state index is 13.0. The van der Waals surface area contributed by atoms with E-state index in [-0.39, 0.29) is 17.9 Å². The summed E-state index contributed by atoms with van der Waals surface area (Å²) in [5.41, 5.74) is 8.13. The Kier molecular flexibility index (Phi) is 6.24. The maximum Gasteiger partial charge on any atom is 0.243 e. The zero-order valence-electron chi connectivity index (χ0n) is 15.5. The molecule has 0 bridgehead atoms. The van der Waals surface area contributed by atoms with Crippen molar-refractivity contribution in [3.63, 3.8) is 0 Å². The Labute approximate surface area is 150 Å². The Morgan fingerprint density at radius 1 is 1.24 bits per heavy atom. The first-order chi connectivity index (χ1) is 11.7. The number of hydrogen-bond acceptors (Lipinski definition) is 4. The van der Waals surface area contributed by atoms with E-state index in [0.717, 1.165) is 16.7 Å². The lowest BCUT2D eigenvalue weighted by Gasteiger charge is -2.32. The van der Waals surface area contributed by atoms with Gasteiger partial charge in [0, 0.05) is 31.6 Å². The molecule has 1 atom stereocenters. The number of aryl methyl sites for hydroxylation is 3. The van der Waals surface area contributed by atoms with Crippen molar-refractivity contribution >= 4 is 15.9 Å². The molecule has 0 aliphatic carbocycles. The van der Waals surface area contributed by atoms with Crippen LogP contribution in [-0.4, -0.2) is 44.3 Å². The second-order valence-corrected chi connectivity index (χ2v) is 8.93. The fraction of sp³-hybridized carbons (Fsp3) is 0.611. The Bertz CT molecular complexity index is 715. The number of nitrogens with one attached hydrogen (secondary N) is 1. The van der Waals surface area contributed by atoms with Crippen LogP contribution in [0.3, 0.4) is 0 Å². The van der Waals surface area contributed by atoms with E-state index < -0.39 is 10.0 Å². The highest BCUT2D eigenvalue weighted by molar-refractivity contribution is 7.89. The molecular weight excluding hydrogens is 338 g/mol. The predicted octanol–water partition coefficient (Wildman–Crippen LogP) is 1.48. The molecule has 0 saturated carbocycles. The van der Waals surface area contributed by atoms with Crippen LogP contribution in [0, 0.1) is 26.7 Å². The molecule has 1 saturated heterocycles. The third-order valence-corrected chi connectivity index (χ3v) is 6.97. The molecule has 2 rings (SSSR count). The van der Waals surface area contributed by atoms with Crippen LogP contribution in [0.4, 0.5) is 0 Å². The average molecular weight is 368 g/mol. The number of hydrogen-bond donors (Lipinski definition) is 2. The van der Waals surface area contributed by atoms with Crippen LogP contribution in [0.15, 0.2) is 17.0 Å². The molecule has 1 amide bonds. The molecule has 140 valence electrons. The number of piperidine rings is 1. The van der Waals surface area contributed by atoms with Crippen molar-refractivity contribution in [3.8, 4) is 0 Å². The Hall–Kier alpha value is -1.44. The van der Waals surface area contributed by atoms with Gasteiger partial charge in [-0.25, -0.2) is 8.42 Å². The third-order valence-electron chi connectivity index (χ3n) is 4.77. The van der Waals surface area contributed by atoms with Gasteiger partial charge in [-0.1, -0.05) is 17.7 Å². The summed E-state index contributed by atoms with van der Waals surface area (Å²) in [6.45, 7) is 8.62. The van der Waals surface area contributed by atoms with Crippen molar-refractivity contribution < 1.29 is 13.2 Å². The number of amides is 1. The molecule has 1 aliphatic rings. The number of sulfonamides is 1. The minimum Gasteiger partial charge on any atom is -0.352 e. The molecule has 0 unspecified atom stereocenters. The highest BCUT2D eigenvalue weighted by atomic mass is 32.2. The van der Waals surface area contributed by atoms with Gasteiger partial charge in [0.05, 0.1) is 4.90 Å². The summed E-state index contributed by atoms with van der Waals surface area (Å²) in [4.78, 5) is 12.6.